The zero-order valence-electron chi connectivity index (χ0n) is 10.9. The maximum absolute atomic E-state index is 12.3. The van der Waals surface area contributed by atoms with Gasteiger partial charge in [-0.05, 0) is 30.5 Å². The molecular formula is C16H14BrNOS. The molecule has 1 aliphatic carbocycles. The monoisotopic (exact) mass is 347 g/mol. The highest BCUT2D eigenvalue weighted by atomic mass is 79.9. The third-order valence-corrected chi connectivity index (χ3v) is 5.92. The summed E-state index contributed by atoms with van der Waals surface area (Å²) < 4.78 is 1.08. The Bertz CT molecular complexity index is 660. The lowest BCUT2D eigenvalue weighted by Gasteiger charge is -2.27. The van der Waals surface area contributed by atoms with Crippen molar-refractivity contribution < 1.29 is 4.79 Å². The first kappa shape index (κ1) is 12.7. The van der Waals surface area contributed by atoms with Crippen molar-refractivity contribution in [2.24, 2.45) is 0 Å². The van der Waals surface area contributed by atoms with Gasteiger partial charge in [0.05, 0.1) is 0 Å². The molecule has 0 spiro atoms. The molecule has 2 heterocycles. The minimum Gasteiger partial charge on any atom is -0.361 e. The van der Waals surface area contributed by atoms with Gasteiger partial charge in [0.1, 0.15) is 0 Å². The number of ketones is 1. The van der Waals surface area contributed by atoms with E-state index in [1.165, 1.54) is 21.9 Å². The number of nitrogens with one attached hydrogen (secondary N) is 1. The number of benzene rings is 1. The van der Waals surface area contributed by atoms with E-state index in [2.05, 4.69) is 45.5 Å². The van der Waals surface area contributed by atoms with Crippen LogP contribution in [0.15, 0.2) is 50.6 Å². The summed E-state index contributed by atoms with van der Waals surface area (Å²) in [7, 11) is 0. The molecule has 3 aliphatic rings. The van der Waals surface area contributed by atoms with E-state index >= 15 is 0 Å². The highest BCUT2D eigenvalue weighted by Crippen LogP contribution is 2.50. The summed E-state index contributed by atoms with van der Waals surface area (Å²) in [4.78, 5) is 13.7. The maximum Gasteiger partial charge on any atom is 0.161 e. The number of hydrogen-bond acceptors (Lipinski definition) is 3. The van der Waals surface area contributed by atoms with Crippen LogP contribution in [0.1, 0.15) is 30.7 Å². The molecule has 2 nitrogen and oxygen atoms in total. The molecule has 0 saturated heterocycles. The smallest absolute Gasteiger partial charge is 0.161 e. The Labute approximate surface area is 130 Å². The molecule has 1 aromatic rings. The molecule has 0 saturated carbocycles. The van der Waals surface area contributed by atoms with Crippen LogP contribution < -0.4 is 5.32 Å². The Balaban J connectivity index is 1.85. The van der Waals surface area contributed by atoms with Crippen LogP contribution in [0.5, 0.6) is 0 Å². The van der Waals surface area contributed by atoms with E-state index in [0.29, 0.717) is 12.2 Å². The van der Waals surface area contributed by atoms with Gasteiger partial charge in [0.25, 0.3) is 0 Å². The minimum atomic E-state index is 0.164. The maximum atomic E-state index is 12.3. The van der Waals surface area contributed by atoms with Crippen LogP contribution in [0.25, 0.3) is 0 Å². The Kier molecular flexibility index (Phi) is 3.04. The molecule has 0 aromatic heterocycles. The second kappa shape index (κ2) is 4.78. The van der Waals surface area contributed by atoms with Crippen LogP contribution in [-0.4, -0.2) is 11.5 Å². The molecule has 0 amide bonds. The van der Waals surface area contributed by atoms with Crippen molar-refractivity contribution in [3.05, 3.63) is 56.2 Å². The van der Waals surface area contributed by atoms with Gasteiger partial charge in [0, 0.05) is 44.4 Å². The normalized spacial score (nSPS) is 24.9. The standard InChI is InChI=1S/C16H14BrNOS/c17-10-3-1-9(2-4-10)14-15-11(5-6-13(15)19)18-12-7-8-20-16(12)14/h1-4,14,18H,5-8H2. The number of Topliss-reactive ketones (excluding diaryl/α,β-unsaturated/α-hetero) is 1. The van der Waals surface area contributed by atoms with Crippen molar-refractivity contribution in [2.75, 3.05) is 5.75 Å². The molecule has 2 aliphatic heterocycles. The highest BCUT2D eigenvalue weighted by Gasteiger charge is 2.39. The number of allylic oxidation sites excluding steroid dienone is 4. The number of rotatable bonds is 1. The third-order valence-electron chi connectivity index (χ3n) is 4.19. The summed E-state index contributed by atoms with van der Waals surface area (Å²) in [6.45, 7) is 0. The number of halogens is 1. The average Bonchev–Trinajstić information content (AvgIpc) is 3.05. The van der Waals surface area contributed by atoms with Gasteiger partial charge in [-0.3, -0.25) is 4.79 Å². The molecule has 4 heteroatoms. The van der Waals surface area contributed by atoms with Gasteiger partial charge >= 0.3 is 0 Å². The van der Waals surface area contributed by atoms with Crippen molar-refractivity contribution in [2.45, 2.75) is 25.2 Å². The first-order valence-corrected chi connectivity index (χ1v) is 8.66. The van der Waals surface area contributed by atoms with E-state index in [1.807, 2.05) is 11.8 Å². The van der Waals surface area contributed by atoms with E-state index in [1.54, 1.807) is 0 Å². The molecule has 20 heavy (non-hydrogen) atoms. The Morgan fingerprint density at radius 2 is 1.90 bits per heavy atom. The number of carbonyl (C=O) groups excluding carboxylic acids is 1. The van der Waals surface area contributed by atoms with Crippen molar-refractivity contribution in [3.8, 4) is 0 Å². The zero-order valence-corrected chi connectivity index (χ0v) is 13.3. The van der Waals surface area contributed by atoms with Crippen molar-refractivity contribution in [1.29, 1.82) is 0 Å². The lowest BCUT2D eigenvalue weighted by atomic mass is 9.86. The summed E-state index contributed by atoms with van der Waals surface area (Å²) in [5, 5.41) is 3.53. The van der Waals surface area contributed by atoms with Gasteiger partial charge in [-0.1, -0.05) is 28.1 Å². The van der Waals surface area contributed by atoms with Gasteiger partial charge in [0.15, 0.2) is 5.78 Å². The van der Waals surface area contributed by atoms with E-state index < -0.39 is 0 Å². The summed E-state index contributed by atoms with van der Waals surface area (Å²) in [5.74, 6) is 1.61. The van der Waals surface area contributed by atoms with Crippen LogP contribution in [0.3, 0.4) is 0 Å². The Morgan fingerprint density at radius 1 is 1.10 bits per heavy atom. The fraction of sp³-hybridized carbons (Fsp3) is 0.312. The molecule has 0 fully saturated rings. The van der Waals surface area contributed by atoms with Crippen molar-refractivity contribution in [1.82, 2.24) is 5.32 Å². The molecule has 1 aromatic carbocycles. The fourth-order valence-corrected chi connectivity index (χ4v) is 4.82. The van der Waals surface area contributed by atoms with Gasteiger partial charge in [-0.2, -0.15) is 0 Å². The van der Waals surface area contributed by atoms with Crippen LogP contribution in [0.2, 0.25) is 0 Å². The van der Waals surface area contributed by atoms with Gasteiger partial charge in [-0.25, -0.2) is 0 Å². The van der Waals surface area contributed by atoms with Crippen LogP contribution in [0, 0.1) is 0 Å². The first-order chi connectivity index (χ1) is 9.74. The molecule has 1 N–H and O–H groups in total. The van der Waals surface area contributed by atoms with Gasteiger partial charge in [0.2, 0.25) is 0 Å². The predicted molar refractivity (Wildman–Crippen MR) is 85.4 cm³/mol. The second-order valence-corrected chi connectivity index (χ2v) is 7.42. The molecule has 0 bridgehead atoms. The van der Waals surface area contributed by atoms with E-state index in [-0.39, 0.29) is 5.92 Å². The third kappa shape index (κ3) is 1.89. The highest BCUT2D eigenvalue weighted by molar-refractivity contribution is 9.10. The molecular weight excluding hydrogens is 334 g/mol. The zero-order chi connectivity index (χ0) is 13.7. The minimum absolute atomic E-state index is 0.164. The van der Waals surface area contributed by atoms with Crippen molar-refractivity contribution in [3.63, 3.8) is 0 Å². The Hall–Kier alpha value is -1.00. The lowest BCUT2D eigenvalue weighted by molar-refractivity contribution is -0.115. The molecule has 4 rings (SSSR count). The van der Waals surface area contributed by atoms with Crippen LogP contribution in [0.4, 0.5) is 0 Å². The summed E-state index contributed by atoms with van der Waals surface area (Å²) in [6.07, 6.45) is 2.64. The number of carbonyl (C=O) groups is 1. The van der Waals surface area contributed by atoms with E-state index in [4.69, 9.17) is 0 Å². The van der Waals surface area contributed by atoms with Crippen LogP contribution in [-0.2, 0) is 4.79 Å². The molecule has 1 atom stereocenters. The number of thioether (sulfide) groups is 1. The quantitative estimate of drug-likeness (QED) is 0.828. The SMILES string of the molecule is O=C1CCC2=C1C(c1ccc(Br)cc1)C1=C(CCS1)N2. The van der Waals surface area contributed by atoms with Crippen molar-refractivity contribution >= 4 is 33.5 Å². The summed E-state index contributed by atoms with van der Waals surface area (Å²) in [5.41, 5.74) is 4.76. The predicted octanol–water partition coefficient (Wildman–Crippen LogP) is 4.10. The summed E-state index contributed by atoms with van der Waals surface area (Å²) in [6, 6.07) is 8.41. The summed E-state index contributed by atoms with van der Waals surface area (Å²) >= 11 is 5.39. The molecule has 102 valence electrons. The first-order valence-electron chi connectivity index (χ1n) is 6.88. The number of hydrogen-bond donors (Lipinski definition) is 1. The average molecular weight is 348 g/mol. The largest absolute Gasteiger partial charge is 0.361 e. The fourth-order valence-electron chi connectivity index (χ4n) is 3.28. The Morgan fingerprint density at radius 3 is 2.70 bits per heavy atom. The molecule has 0 radical (unpaired) electrons. The van der Waals surface area contributed by atoms with Gasteiger partial charge < -0.3 is 5.32 Å². The second-order valence-electron chi connectivity index (χ2n) is 5.37. The van der Waals surface area contributed by atoms with Crippen LogP contribution >= 0.6 is 27.7 Å². The van der Waals surface area contributed by atoms with E-state index in [9.17, 15) is 4.79 Å². The number of dihydropyridines is 1. The van der Waals surface area contributed by atoms with Gasteiger partial charge in [-0.15, -0.1) is 11.8 Å². The van der Waals surface area contributed by atoms with E-state index in [0.717, 1.165) is 28.6 Å². The lowest BCUT2D eigenvalue weighted by Crippen LogP contribution is -2.23. The molecule has 1 unspecified atom stereocenters. The topological polar surface area (TPSA) is 29.1 Å².